The molecule has 2 aliphatic rings. The summed E-state index contributed by atoms with van der Waals surface area (Å²) in [4.78, 5) is 11.5. The normalized spacial score (nSPS) is 20.2. The number of carbonyl (C=O) groups is 1. The molecule has 35 heavy (non-hydrogen) atoms. The topological polar surface area (TPSA) is 93.8 Å². The molecule has 0 radical (unpaired) electrons. The van der Waals surface area contributed by atoms with Crippen molar-refractivity contribution in [3.63, 3.8) is 0 Å². The standard InChI is InChI=1S/C28H32N2O5/c1-28(2,27(32)33)34-17-20-16-26(19-6-5-7-23(15-19)35-22-12-13-22)30(29-20)25-9-4-3-8-24(25)18-10-11-21(31)14-18/h3-9,15-16,18,21-22,31H,10-14,17H2,1-2H3,(H,32,33)/t18?,21-/m1/s1. The lowest BCUT2D eigenvalue weighted by Crippen LogP contribution is -2.34. The zero-order chi connectivity index (χ0) is 24.6. The molecular weight excluding hydrogens is 444 g/mol. The number of hydrogen-bond donors (Lipinski definition) is 2. The summed E-state index contributed by atoms with van der Waals surface area (Å²) in [5.74, 6) is 0.0652. The largest absolute Gasteiger partial charge is 0.490 e. The average molecular weight is 477 g/mol. The monoisotopic (exact) mass is 476 g/mol. The predicted molar refractivity (Wildman–Crippen MR) is 132 cm³/mol. The van der Waals surface area contributed by atoms with Gasteiger partial charge in [0.15, 0.2) is 5.60 Å². The Bertz CT molecular complexity index is 1210. The highest BCUT2D eigenvalue weighted by Gasteiger charge is 2.30. The molecule has 2 fully saturated rings. The van der Waals surface area contributed by atoms with Crippen LogP contribution in [-0.2, 0) is 16.1 Å². The first-order valence-corrected chi connectivity index (χ1v) is 12.3. The highest BCUT2D eigenvalue weighted by Crippen LogP contribution is 2.39. The lowest BCUT2D eigenvalue weighted by molar-refractivity contribution is -0.162. The Morgan fingerprint density at radius 3 is 2.60 bits per heavy atom. The minimum atomic E-state index is -1.32. The van der Waals surface area contributed by atoms with E-state index in [2.05, 4.69) is 6.07 Å². The van der Waals surface area contributed by atoms with Crippen LogP contribution >= 0.6 is 0 Å². The summed E-state index contributed by atoms with van der Waals surface area (Å²) in [7, 11) is 0. The van der Waals surface area contributed by atoms with Crippen molar-refractivity contribution < 1.29 is 24.5 Å². The second kappa shape index (κ2) is 9.47. The molecule has 0 amide bonds. The van der Waals surface area contributed by atoms with E-state index in [-0.39, 0.29) is 18.6 Å². The van der Waals surface area contributed by atoms with Gasteiger partial charge in [0.1, 0.15) is 5.75 Å². The van der Waals surface area contributed by atoms with Gasteiger partial charge >= 0.3 is 5.97 Å². The molecule has 1 aromatic heterocycles. The molecule has 1 heterocycles. The molecular formula is C28H32N2O5. The molecule has 2 aromatic carbocycles. The van der Waals surface area contributed by atoms with E-state index in [4.69, 9.17) is 14.6 Å². The Kier molecular flexibility index (Phi) is 6.38. The van der Waals surface area contributed by atoms with E-state index in [0.29, 0.717) is 11.8 Å². The number of hydrogen-bond acceptors (Lipinski definition) is 5. The van der Waals surface area contributed by atoms with Crippen LogP contribution in [0.5, 0.6) is 5.75 Å². The second-order valence-corrected chi connectivity index (χ2v) is 10.1. The van der Waals surface area contributed by atoms with E-state index in [9.17, 15) is 15.0 Å². The number of carboxylic acid groups (broad SMARTS) is 1. The van der Waals surface area contributed by atoms with Crippen molar-refractivity contribution in [1.29, 1.82) is 0 Å². The van der Waals surface area contributed by atoms with Crippen LogP contribution in [0.4, 0.5) is 0 Å². The molecule has 1 unspecified atom stereocenters. The van der Waals surface area contributed by atoms with E-state index < -0.39 is 11.6 Å². The van der Waals surface area contributed by atoms with Gasteiger partial charge < -0.3 is 19.7 Å². The number of aliphatic hydroxyl groups is 1. The van der Waals surface area contributed by atoms with E-state index in [1.165, 1.54) is 13.8 Å². The third-order valence-electron chi connectivity index (χ3n) is 6.82. The molecule has 0 bridgehead atoms. The predicted octanol–water partition coefficient (Wildman–Crippen LogP) is 5.09. The summed E-state index contributed by atoms with van der Waals surface area (Å²) in [6.45, 7) is 3.14. The van der Waals surface area contributed by atoms with Crippen molar-refractivity contribution in [2.45, 2.75) is 76.3 Å². The highest BCUT2D eigenvalue weighted by atomic mass is 16.5. The minimum Gasteiger partial charge on any atom is -0.490 e. The zero-order valence-corrected chi connectivity index (χ0v) is 20.2. The molecule has 2 N–H and O–H groups in total. The van der Waals surface area contributed by atoms with Crippen molar-refractivity contribution in [2.24, 2.45) is 0 Å². The third kappa shape index (κ3) is 5.26. The molecule has 0 aliphatic heterocycles. The van der Waals surface area contributed by atoms with Crippen LogP contribution in [0.2, 0.25) is 0 Å². The Labute approximate surface area is 205 Å². The molecule has 2 atom stereocenters. The Balaban J connectivity index is 1.55. The molecule has 0 spiro atoms. The number of aliphatic hydroxyl groups excluding tert-OH is 1. The number of aliphatic carboxylic acids is 1. The quantitative estimate of drug-likeness (QED) is 0.447. The van der Waals surface area contributed by atoms with Crippen molar-refractivity contribution in [2.75, 3.05) is 0 Å². The number of para-hydroxylation sites is 1. The number of carboxylic acids is 1. The van der Waals surface area contributed by atoms with Crippen LogP contribution in [0, 0.1) is 0 Å². The summed E-state index contributed by atoms with van der Waals surface area (Å²) in [5.41, 5.74) is 3.27. The number of ether oxygens (including phenoxy) is 2. The van der Waals surface area contributed by atoms with Gasteiger partial charge in [-0.1, -0.05) is 30.3 Å². The maximum atomic E-state index is 11.5. The zero-order valence-electron chi connectivity index (χ0n) is 20.2. The molecule has 5 rings (SSSR count). The van der Waals surface area contributed by atoms with Crippen LogP contribution in [0.25, 0.3) is 16.9 Å². The molecule has 7 nitrogen and oxygen atoms in total. The molecule has 184 valence electrons. The summed E-state index contributed by atoms with van der Waals surface area (Å²) in [6.07, 6.45) is 4.67. The van der Waals surface area contributed by atoms with Gasteiger partial charge in [-0.25, -0.2) is 9.48 Å². The van der Waals surface area contributed by atoms with E-state index >= 15 is 0 Å². The second-order valence-electron chi connectivity index (χ2n) is 10.1. The van der Waals surface area contributed by atoms with Crippen molar-refractivity contribution in [3.05, 3.63) is 65.9 Å². The smallest absolute Gasteiger partial charge is 0.335 e. The Morgan fingerprint density at radius 2 is 1.89 bits per heavy atom. The first-order valence-electron chi connectivity index (χ1n) is 12.3. The fraction of sp³-hybridized carbons (Fsp3) is 0.429. The summed E-state index contributed by atoms with van der Waals surface area (Å²) in [6, 6.07) is 18.1. The van der Waals surface area contributed by atoms with Crippen LogP contribution in [0.3, 0.4) is 0 Å². The first kappa shape index (κ1) is 23.6. The van der Waals surface area contributed by atoms with Crippen LogP contribution in [0.1, 0.15) is 63.1 Å². The highest BCUT2D eigenvalue weighted by molar-refractivity contribution is 5.76. The fourth-order valence-electron chi connectivity index (χ4n) is 4.58. The van der Waals surface area contributed by atoms with Gasteiger partial charge in [0.2, 0.25) is 0 Å². The van der Waals surface area contributed by atoms with Gasteiger partial charge in [-0.05, 0) is 81.7 Å². The number of aromatic nitrogens is 2. The van der Waals surface area contributed by atoms with E-state index in [1.807, 2.05) is 53.2 Å². The molecule has 0 saturated heterocycles. The summed E-state index contributed by atoms with van der Waals surface area (Å²) >= 11 is 0. The molecule has 2 saturated carbocycles. The van der Waals surface area contributed by atoms with Crippen molar-refractivity contribution in [1.82, 2.24) is 9.78 Å². The summed E-state index contributed by atoms with van der Waals surface area (Å²) in [5, 5.41) is 24.5. The molecule has 2 aliphatic carbocycles. The molecule has 3 aromatic rings. The average Bonchev–Trinajstić information content (AvgIpc) is 3.38. The number of rotatable bonds is 9. The lowest BCUT2D eigenvalue weighted by atomic mass is 9.95. The van der Waals surface area contributed by atoms with E-state index in [1.54, 1.807) is 0 Å². The lowest BCUT2D eigenvalue weighted by Gasteiger charge is -2.19. The Morgan fingerprint density at radius 1 is 1.09 bits per heavy atom. The number of benzene rings is 2. The first-order chi connectivity index (χ1) is 16.8. The fourth-order valence-corrected chi connectivity index (χ4v) is 4.58. The SMILES string of the molecule is CC(C)(OCc1cc(-c2cccc(OC3CC3)c2)n(-c2ccccc2C2CC[C@@H](O)C2)n1)C(=O)O. The van der Waals surface area contributed by atoms with Gasteiger partial charge in [-0.15, -0.1) is 0 Å². The van der Waals surface area contributed by atoms with Gasteiger partial charge in [0.25, 0.3) is 0 Å². The van der Waals surface area contributed by atoms with Crippen molar-refractivity contribution in [3.8, 4) is 22.7 Å². The van der Waals surface area contributed by atoms with Crippen LogP contribution < -0.4 is 4.74 Å². The van der Waals surface area contributed by atoms with Crippen molar-refractivity contribution >= 4 is 5.97 Å². The number of nitrogens with zero attached hydrogens (tertiary/aromatic N) is 2. The van der Waals surface area contributed by atoms with E-state index in [0.717, 1.165) is 60.4 Å². The third-order valence-corrected chi connectivity index (χ3v) is 6.82. The van der Waals surface area contributed by atoms with Gasteiger partial charge in [-0.2, -0.15) is 5.10 Å². The van der Waals surface area contributed by atoms with Gasteiger partial charge in [-0.3, -0.25) is 0 Å². The summed E-state index contributed by atoms with van der Waals surface area (Å²) < 4.78 is 13.7. The maximum Gasteiger partial charge on any atom is 0.335 e. The molecule has 7 heteroatoms. The maximum absolute atomic E-state index is 11.5. The van der Waals surface area contributed by atoms with Crippen LogP contribution in [-0.4, -0.2) is 43.8 Å². The minimum absolute atomic E-state index is 0.0713. The van der Waals surface area contributed by atoms with Gasteiger partial charge in [0, 0.05) is 5.56 Å². The van der Waals surface area contributed by atoms with Crippen LogP contribution in [0.15, 0.2) is 54.6 Å². The Hall–Kier alpha value is -3.16. The van der Waals surface area contributed by atoms with Gasteiger partial charge in [0.05, 0.1) is 35.9 Å².